The fourth-order valence-corrected chi connectivity index (χ4v) is 6.40. The molecule has 2 unspecified atom stereocenters. The topological polar surface area (TPSA) is 101 Å². The molecule has 2 aliphatic rings. The van der Waals surface area contributed by atoms with Gasteiger partial charge in [-0.15, -0.1) is 0 Å². The molecule has 2 aromatic carbocycles. The molecular formula is C32H32F3N7O3. The minimum Gasteiger partial charge on any atom is -0.480 e. The molecule has 1 N–H and O–H groups in total. The van der Waals surface area contributed by atoms with E-state index < -0.39 is 30.5 Å². The summed E-state index contributed by atoms with van der Waals surface area (Å²) >= 11 is 0. The lowest BCUT2D eigenvalue weighted by molar-refractivity contribution is -0.148. The van der Waals surface area contributed by atoms with Crippen LogP contribution in [0.5, 0.6) is 5.88 Å². The molecule has 1 amide bonds. The molecule has 0 spiro atoms. The Labute approximate surface area is 256 Å². The Hall–Kier alpha value is -4.49. The number of benzene rings is 2. The van der Waals surface area contributed by atoms with Gasteiger partial charge in [0.05, 0.1) is 47.7 Å². The van der Waals surface area contributed by atoms with Gasteiger partial charge in [-0.2, -0.15) is 13.2 Å². The molecule has 234 valence electrons. The minimum atomic E-state index is -4.72. The molecular weight excluding hydrogens is 587 g/mol. The molecule has 0 radical (unpaired) electrons. The summed E-state index contributed by atoms with van der Waals surface area (Å²) in [6.45, 7) is 3.12. The van der Waals surface area contributed by atoms with Gasteiger partial charge in [0.15, 0.2) is 0 Å². The molecule has 3 aromatic heterocycles. The highest BCUT2D eigenvalue weighted by Gasteiger charge is 2.40. The van der Waals surface area contributed by atoms with Crippen LogP contribution in [0, 0.1) is 5.92 Å². The Morgan fingerprint density at radius 1 is 1.09 bits per heavy atom. The van der Waals surface area contributed by atoms with E-state index in [0.29, 0.717) is 55.1 Å². The monoisotopic (exact) mass is 619 g/mol. The number of ether oxygens (including phenoxy) is 2. The molecule has 7 rings (SSSR count). The molecule has 2 fully saturated rings. The summed E-state index contributed by atoms with van der Waals surface area (Å²) in [4.78, 5) is 34.4. The number of nitrogens with zero attached hydrogens (tertiary/aromatic N) is 6. The molecule has 5 heterocycles. The maximum absolute atomic E-state index is 14.0. The number of hydrogen-bond donors (Lipinski definition) is 1. The lowest BCUT2D eigenvalue weighted by Crippen LogP contribution is -2.52. The predicted molar refractivity (Wildman–Crippen MR) is 160 cm³/mol. The number of carbonyl (C=O) groups is 1. The van der Waals surface area contributed by atoms with Crippen molar-refractivity contribution in [3.05, 3.63) is 72.4 Å². The van der Waals surface area contributed by atoms with Crippen molar-refractivity contribution >= 4 is 27.8 Å². The molecule has 2 aliphatic heterocycles. The standard InChI is InChI=1S/C32H32F3N7O3/c1-44-30-22(14-21-6-2-3-7-23(21)38-30)25-15-36-29(37-25)27-17-40(16-20-10-13-45-19-20)11-12-41(27)28(43)18-42-26-9-5-4-8-24(26)39-31(42)32(33,34)35/h2-9,14-15,20,27H,10-13,16-19H2,1H3,(H,36,37). The van der Waals surface area contributed by atoms with Crippen LogP contribution >= 0.6 is 0 Å². The fraction of sp³-hybridized carbons (Fsp3) is 0.375. The molecule has 13 heteroatoms. The summed E-state index contributed by atoms with van der Waals surface area (Å²) in [5, 5.41) is 0.928. The highest BCUT2D eigenvalue weighted by Crippen LogP contribution is 2.35. The number of piperazine rings is 1. The third-order valence-electron chi connectivity index (χ3n) is 8.61. The number of rotatable bonds is 7. The Balaban J connectivity index is 1.22. The Morgan fingerprint density at radius 3 is 2.67 bits per heavy atom. The van der Waals surface area contributed by atoms with Crippen LogP contribution in [-0.2, 0) is 22.3 Å². The summed E-state index contributed by atoms with van der Waals surface area (Å²) in [6, 6.07) is 15.5. The second kappa shape index (κ2) is 11.8. The van der Waals surface area contributed by atoms with Gasteiger partial charge in [-0.25, -0.2) is 15.0 Å². The first kappa shape index (κ1) is 29.2. The lowest BCUT2D eigenvalue weighted by Gasteiger charge is -2.41. The van der Waals surface area contributed by atoms with Crippen molar-refractivity contribution in [1.82, 2.24) is 34.3 Å². The van der Waals surface area contributed by atoms with Crippen LogP contribution in [0.4, 0.5) is 13.2 Å². The first-order valence-electron chi connectivity index (χ1n) is 14.9. The second-order valence-electron chi connectivity index (χ2n) is 11.5. The van der Waals surface area contributed by atoms with E-state index in [2.05, 4.69) is 19.9 Å². The number of carbonyl (C=O) groups excluding carboxylic acids is 1. The molecule has 10 nitrogen and oxygen atoms in total. The number of pyridine rings is 1. The Bertz CT molecular complexity index is 1850. The normalized spacial score (nSPS) is 19.5. The van der Waals surface area contributed by atoms with Gasteiger partial charge in [0, 0.05) is 38.2 Å². The van der Waals surface area contributed by atoms with Gasteiger partial charge >= 0.3 is 6.18 Å². The van der Waals surface area contributed by atoms with Gasteiger partial charge < -0.3 is 23.9 Å². The number of halogens is 3. The Kier molecular flexibility index (Phi) is 7.66. The van der Waals surface area contributed by atoms with Crippen LogP contribution in [0.2, 0.25) is 0 Å². The number of para-hydroxylation sites is 3. The lowest BCUT2D eigenvalue weighted by atomic mass is 10.1. The van der Waals surface area contributed by atoms with E-state index in [0.717, 1.165) is 35.0 Å². The van der Waals surface area contributed by atoms with Crippen molar-refractivity contribution in [2.45, 2.75) is 25.2 Å². The number of amides is 1. The third-order valence-corrected chi connectivity index (χ3v) is 8.61. The summed E-state index contributed by atoms with van der Waals surface area (Å²) in [5.74, 6) is -0.188. The number of fused-ring (bicyclic) bond motifs is 2. The van der Waals surface area contributed by atoms with E-state index in [1.807, 2.05) is 30.3 Å². The molecule has 0 bridgehead atoms. The number of methoxy groups -OCH3 is 1. The van der Waals surface area contributed by atoms with Crippen LogP contribution in [0.25, 0.3) is 33.2 Å². The molecule has 0 aliphatic carbocycles. The van der Waals surface area contributed by atoms with Crippen molar-refractivity contribution < 1.29 is 27.4 Å². The third kappa shape index (κ3) is 5.73. The van der Waals surface area contributed by atoms with Crippen LogP contribution in [-0.4, -0.2) is 86.7 Å². The van der Waals surface area contributed by atoms with Gasteiger partial charge in [-0.3, -0.25) is 9.69 Å². The van der Waals surface area contributed by atoms with E-state index in [9.17, 15) is 18.0 Å². The van der Waals surface area contributed by atoms with E-state index >= 15 is 0 Å². The van der Waals surface area contributed by atoms with Crippen LogP contribution in [0.1, 0.15) is 24.1 Å². The number of alkyl halides is 3. The number of aromatic amines is 1. The van der Waals surface area contributed by atoms with Gasteiger partial charge in [-0.1, -0.05) is 30.3 Å². The van der Waals surface area contributed by atoms with Crippen LogP contribution < -0.4 is 4.74 Å². The maximum Gasteiger partial charge on any atom is 0.449 e. The highest BCUT2D eigenvalue weighted by atomic mass is 19.4. The van der Waals surface area contributed by atoms with Crippen molar-refractivity contribution in [2.24, 2.45) is 5.92 Å². The zero-order valence-corrected chi connectivity index (χ0v) is 24.6. The van der Waals surface area contributed by atoms with Crippen LogP contribution in [0.3, 0.4) is 0 Å². The summed E-state index contributed by atoms with van der Waals surface area (Å²) in [7, 11) is 1.55. The number of nitrogens with one attached hydrogen (secondary N) is 1. The SMILES string of the molecule is COc1nc2ccccc2cc1-c1cnc(C2CN(CC3CCOC3)CCN2C(=O)Cn2c(C(F)(F)F)nc3ccccc32)[nH]1. The number of imidazole rings is 2. The zero-order chi connectivity index (χ0) is 31.1. The number of aromatic nitrogens is 5. The predicted octanol–water partition coefficient (Wildman–Crippen LogP) is 4.92. The molecule has 45 heavy (non-hydrogen) atoms. The van der Waals surface area contributed by atoms with Crippen LogP contribution in [0.15, 0.2) is 60.8 Å². The fourth-order valence-electron chi connectivity index (χ4n) is 6.40. The Morgan fingerprint density at radius 2 is 1.89 bits per heavy atom. The van der Waals surface area contributed by atoms with Gasteiger partial charge in [-0.05, 0) is 36.6 Å². The summed E-state index contributed by atoms with van der Waals surface area (Å²) < 4.78 is 54.2. The number of hydrogen-bond acceptors (Lipinski definition) is 7. The van der Waals surface area contributed by atoms with E-state index in [1.165, 1.54) is 6.07 Å². The molecule has 2 atom stereocenters. The first-order chi connectivity index (χ1) is 21.8. The van der Waals surface area contributed by atoms with E-state index in [1.54, 1.807) is 36.4 Å². The van der Waals surface area contributed by atoms with Crippen molar-refractivity contribution in [2.75, 3.05) is 46.5 Å². The summed E-state index contributed by atoms with van der Waals surface area (Å²) in [5.41, 5.74) is 2.60. The molecule has 2 saturated heterocycles. The quantitative estimate of drug-likeness (QED) is 0.276. The first-order valence-corrected chi connectivity index (χ1v) is 14.9. The molecule has 5 aromatic rings. The average Bonchev–Trinajstić information content (AvgIpc) is 3.81. The molecule has 0 saturated carbocycles. The minimum absolute atomic E-state index is 0.186. The maximum atomic E-state index is 14.0. The van der Waals surface area contributed by atoms with Crippen molar-refractivity contribution in [3.63, 3.8) is 0 Å². The van der Waals surface area contributed by atoms with E-state index in [-0.39, 0.29) is 11.0 Å². The largest absolute Gasteiger partial charge is 0.480 e. The summed E-state index contributed by atoms with van der Waals surface area (Å²) in [6.07, 6.45) is -2.07. The van der Waals surface area contributed by atoms with Crippen molar-refractivity contribution in [1.29, 1.82) is 0 Å². The van der Waals surface area contributed by atoms with E-state index in [4.69, 9.17) is 14.5 Å². The van der Waals surface area contributed by atoms with Gasteiger partial charge in [0.25, 0.3) is 0 Å². The zero-order valence-electron chi connectivity index (χ0n) is 24.6. The van der Waals surface area contributed by atoms with Gasteiger partial charge in [0.1, 0.15) is 18.4 Å². The van der Waals surface area contributed by atoms with Gasteiger partial charge in [0.2, 0.25) is 17.6 Å². The smallest absolute Gasteiger partial charge is 0.449 e. The van der Waals surface area contributed by atoms with Crippen molar-refractivity contribution in [3.8, 4) is 17.1 Å². The number of H-pyrrole nitrogens is 1. The highest BCUT2D eigenvalue weighted by molar-refractivity contribution is 5.85. The average molecular weight is 620 g/mol. The second-order valence-corrected chi connectivity index (χ2v) is 11.5.